The fourth-order valence-electron chi connectivity index (χ4n) is 3.45. The van der Waals surface area contributed by atoms with Crippen LogP contribution in [0.4, 0.5) is 5.69 Å². The van der Waals surface area contributed by atoms with Gasteiger partial charge in [-0.1, -0.05) is 6.07 Å². The number of amides is 1. The summed E-state index contributed by atoms with van der Waals surface area (Å²) < 4.78 is 36.5. The monoisotopic (exact) mass is 460 g/mol. The van der Waals surface area contributed by atoms with Gasteiger partial charge in [0.1, 0.15) is 0 Å². The van der Waals surface area contributed by atoms with E-state index in [9.17, 15) is 22.8 Å². The molecule has 1 fully saturated rings. The van der Waals surface area contributed by atoms with E-state index in [1.807, 2.05) is 0 Å². The van der Waals surface area contributed by atoms with Crippen LogP contribution in [0.3, 0.4) is 0 Å². The summed E-state index contributed by atoms with van der Waals surface area (Å²) >= 11 is 0. The highest BCUT2D eigenvalue weighted by Crippen LogP contribution is 2.24. The number of hydrogen-bond acceptors (Lipinski definition) is 7. The second-order valence-electron chi connectivity index (χ2n) is 7.32. The Morgan fingerprint density at radius 2 is 1.47 bits per heavy atom. The smallest absolute Gasteiger partial charge is 0.337 e. The highest BCUT2D eigenvalue weighted by Gasteiger charge is 2.28. The molecule has 2 aromatic rings. The average molecular weight is 461 g/mol. The number of hydrogen-bond donors (Lipinski definition) is 1. The van der Waals surface area contributed by atoms with Crippen LogP contribution in [0.2, 0.25) is 0 Å². The van der Waals surface area contributed by atoms with Gasteiger partial charge in [0, 0.05) is 24.3 Å². The molecule has 1 aliphatic rings. The van der Waals surface area contributed by atoms with Crippen molar-refractivity contribution in [1.29, 1.82) is 0 Å². The number of carbonyl (C=O) groups is 3. The number of ether oxygens (including phenoxy) is 2. The molecule has 32 heavy (non-hydrogen) atoms. The van der Waals surface area contributed by atoms with Crippen molar-refractivity contribution in [2.75, 3.05) is 32.6 Å². The topological polar surface area (TPSA) is 119 Å². The van der Waals surface area contributed by atoms with Gasteiger partial charge in [0.25, 0.3) is 5.91 Å². The van der Waals surface area contributed by atoms with E-state index >= 15 is 0 Å². The van der Waals surface area contributed by atoms with Crippen LogP contribution in [0.5, 0.6) is 0 Å². The minimum Gasteiger partial charge on any atom is -0.465 e. The minimum absolute atomic E-state index is 0.0358. The Labute approximate surface area is 186 Å². The highest BCUT2D eigenvalue weighted by molar-refractivity contribution is 7.89. The van der Waals surface area contributed by atoms with Crippen LogP contribution in [0.1, 0.15) is 49.5 Å². The lowest BCUT2D eigenvalue weighted by atomic mass is 10.1. The number of nitrogens with one attached hydrogen (secondary N) is 1. The van der Waals surface area contributed by atoms with Crippen LogP contribution in [-0.4, -0.2) is 57.9 Å². The van der Waals surface area contributed by atoms with Crippen molar-refractivity contribution in [2.45, 2.75) is 24.7 Å². The van der Waals surface area contributed by atoms with Gasteiger partial charge in [0.05, 0.1) is 30.2 Å². The zero-order chi connectivity index (χ0) is 23.5. The molecule has 0 aliphatic carbocycles. The maximum absolute atomic E-state index is 13.0. The van der Waals surface area contributed by atoms with E-state index in [4.69, 9.17) is 9.47 Å². The first-order chi connectivity index (χ1) is 15.2. The summed E-state index contributed by atoms with van der Waals surface area (Å²) in [4.78, 5) is 36.9. The first-order valence-corrected chi connectivity index (χ1v) is 11.3. The van der Waals surface area contributed by atoms with Gasteiger partial charge >= 0.3 is 11.9 Å². The molecule has 0 aromatic heterocycles. The summed E-state index contributed by atoms with van der Waals surface area (Å²) in [7, 11) is -1.31. The predicted octanol–water partition coefficient (Wildman–Crippen LogP) is 2.61. The summed E-state index contributed by atoms with van der Waals surface area (Å²) in [6.07, 6.45) is 1.61. The lowest BCUT2D eigenvalue weighted by molar-refractivity contribution is 0.0598. The van der Waals surface area contributed by atoms with Crippen LogP contribution in [0.25, 0.3) is 0 Å². The SMILES string of the molecule is COC(=O)c1cc(NC(=O)c2cc(S(=O)(=O)N3CCCC3)ccc2C)cc(C(=O)OC)c1. The number of sulfonamides is 1. The van der Waals surface area contributed by atoms with Crippen LogP contribution < -0.4 is 5.32 Å². The Bertz CT molecular complexity index is 1130. The van der Waals surface area contributed by atoms with E-state index in [1.165, 1.54) is 48.9 Å². The molecule has 10 heteroatoms. The van der Waals surface area contributed by atoms with E-state index < -0.39 is 27.9 Å². The molecule has 0 spiro atoms. The van der Waals surface area contributed by atoms with Crippen molar-refractivity contribution in [1.82, 2.24) is 4.31 Å². The number of aryl methyl sites for hydroxylation is 1. The standard InChI is InChI=1S/C22H24N2O7S/c1-14-6-7-18(32(28,29)24-8-4-5-9-24)13-19(14)20(25)23-17-11-15(21(26)30-2)10-16(12-17)22(27)31-3/h6-7,10-13H,4-5,8-9H2,1-3H3,(H,23,25). The number of methoxy groups -OCH3 is 2. The number of benzene rings is 2. The maximum atomic E-state index is 13.0. The van der Waals surface area contributed by atoms with E-state index in [-0.39, 0.29) is 27.3 Å². The number of rotatable bonds is 6. The molecule has 2 aromatic carbocycles. The normalized spacial score (nSPS) is 14.1. The molecule has 1 amide bonds. The van der Waals surface area contributed by atoms with Gasteiger partial charge < -0.3 is 14.8 Å². The Kier molecular flexibility index (Phi) is 6.95. The summed E-state index contributed by atoms with van der Waals surface area (Å²) in [5.41, 5.74) is 0.986. The first kappa shape index (κ1) is 23.4. The molecule has 0 saturated carbocycles. The van der Waals surface area contributed by atoms with E-state index in [1.54, 1.807) is 13.0 Å². The van der Waals surface area contributed by atoms with Gasteiger partial charge in [0.15, 0.2) is 0 Å². The van der Waals surface area contributed by atoms with E-state index in [0.717, 1.165) is 12.8 Å². The Balaban J connectivity index is 1.95. The Morgan fingerprint density at radius 1 is 0.906 bits per heavy atom. The molecular weight excluding hydrogens is 436 g/mol. The number of carbonyl (C=O) groups excluding carboxylic acids is 3. The molecule has 0 atom stereocenters. The number of nitrogens with zero attached hydrogens (tertiary/aromatic N) is 1. The van der Waals surface area contributed by atoms with Crippen LogP contribution in [0.15, 0.2) is 41.3 Å². The second kappa shape index (κ2) is 9.49. The molecule has 1 saturated heterocycles. The summed E-state index contributed by atoms with van der Waals surface area (Å²) in [6.45, 7) is 2.59. The van der Waals surface area contributed by atoms with Crippen molar-refractivity contribution in [3.05, 3.63) is 58.7 Å². The lowest BCUT2D eigenvalue weighted by Crippen LogP contribution is -2.28. The van der Waals surface area contributed by atoms with Crippen LogP contribution in [0, 0.1) is 6.92 Å². The predicted molar refractivity (Wildman–Crippen MR) is 116 cm³/mol. The van der Waals surface area contributed by atoms with Crippen LogP contribution in [-0.2, 0) is 19.5 Å². The molecule has 0 bridgehead atoms. The molecule has 1 N–H and O–H groups in total. The lowest BCUT2D eigenvalue weighted by Gasteiger charge is -2.17. The number of esters is 2. The van der Waals surface area contributed by atoms with Crippen molar-refractivity contribution < 1.29 is 32.3 Å². The van der Waals surface area contributed by atoms with Gasteiger partial charge in [-0.3, -0.25) is 4.79 Å². The largest absolute Gasteiger partial charge is 0.465 e. The number of anilines is 1. The maximum Gasteiger partial charge on any atom is 0.337 e. The fourth-order valence-corrected chi connectivity index (χ4v) is 5.00. The first-order valence-electron chi connectivity index (χ1n) is 9.91. The van der Waals surface area contributed by atoms with Gasteiger partial charge in [-0.05, 0) is 55.7 Å². The van der Waals surface area contributed by atoms with Gasteiger partial charge in [-0.15, -0.1) is 0 Å². The van der Waals surface area contributed by atoms with Gasteiger partial charge in [0.2, 0.25) is 10.0 Å². The molecule has 9 nitrogen and oxygen atoms in total. The Hall–Kier alpha value is -3.24. The second-order valence-corrected chi connectivity index (χ2v) is 9.26. The third-order valence-corrected chi connectivity index (χ3v) is 7.08. The summed E-state index contributed by atoms with van der Waals surface area (Å²) in [5.74, 6) is -1.97. The Morgan fingerprint density at radius 3 is 2.00 bits per heavy atom. The molecule has 3 rings (SSSR count). The molecular formula is C22H24N2O7S. The third kappa shape index (κ3) is 4.81. The molecule has 0 unspecified atom stereocenters. The fraction of sp³-hybridized carbons (Fsp3) is 0.318. The van der Waals surface area contributed by atoms with Crippen molar-refractivity contribution in [3.63, 3.8) is 0 Å². The van der Waals surface area contributed by atoms with Gasteiger partial charge in [-0.2, -0.15) is 4.31 Å². The zero-order valence-electron chi connectivity index (χ0n) is 18.0. The summed E-state index contributed by atoms with van der Waals surface area (Å²) in [5, 5.41) is 2.62. The molecule has 170 valence electrons. The van der Waals surface area contributed by atoms with Crippen molar-refractivity contribution in [2.24, 2.45) is 0 Å². The molecule has 1 aliphatic heterocycles. The zero-order valence-corrected chi connectivity index (χ0v) is 18.8. The van der Waals surface area contributed by atoms with Gasteiger partial charge in [-0.25, -0.2) is 18.0 Å². The average Bonchev–Trinajstić information content (AvgIpc) is 3.33. The van der Waals surface area contributed by atoms with Crippen molar-refractivity contribution in [3.8, 4) is 0 Å². The summed E-state index contributed by atoms with van der Waals surface area (Å²) in [6, 6.07) is 8.40. The van der Waals surface area contributed by atoms with Crippen molar-refractivity contribution >= 4 is 33.6 Å². The van der Waals surface area contributed by atoms with E-state index in [2.05, 4.69) is 5.32 Å². The quantitative estimate of drug-likeness (QED) is 0.658. The third-order valence-electron chi connectivity index (χ3n) is 5.19. The molecule has 1 heterocycles. The highest BCUT2D eigenvalue weighted by atomic mass is 32.2. The minimum atomic E-state index is -3.70. The van der Waals surface area contributed by atoms with Crippen LogP contribution >= 0.6 is 0 Å². The van der Waals surface area contributed by atoms with E-state index in [0.29, 0.717) is 18.7 Å². The molecule has 0 radical (unpaired) electrons.